The summed E-state index contributed by atoms with van der Waals surface area (Å²) in [6, 6.07) is -1.63. The van der Waals surface area contributed by atoms with Gasteiger partial charge >= 0.3 is 11.9 Å². The van der Waals surface area contributed by atoms with Crippen LogP contribution in [0.5, 0.6) is 0 Å². The Balaban J connectivity index is 2.67. The first-order valence-corrected chi connectivity index (χ1v) is 10.7. The minimum Gasteiger partial charge on any atom is -0.480 e. The van der Waals surface area contributed by atoms with Crippen molar-refractivity contribution in [3.63, 3.8) is 0 Å². The second-order valence-electron chi connectivity index (χ2n) is 6.78. The Morgan fingerprint density at radius 2 is 2.00 bits per heavy atom. The number of thiazole rings is 1. The molecule has 0 aromatic carbocycles. The Hall–Kier alpha value is -1.52. The first kappa shape index (κ1) is 24.5. The standard InChI is InChI=1S/C18H28BrN3O5S/c1-5-27-17(26)11(20)9-12-13(28-18(19)21-12)7-6-8-14(23)22(4)15(10(2)3)16(24)25/h10-11,15H,5-9,20H2,1-4H3,(H,24,25)/t11-,15-/m0/s1. The number of hydrogen-bond acceptors (Lipinski definition) is 7. The number of amides is 1. The summed E-state index contributed by atoms with van der Waals surface area (Å²) < 4.78 is 5.61. The van der Waals surface area contributed by atoms with E-state index < -0.39 is 24.0 Å². The van der Waals surface area contributed by atoms with Crippen molar-refractivity contribution in [1.82, 2.24) is 9.88 Å². The Morgan fingerprint density at radius 1 is 1.36 bits per heavy atom. The summed E-state index contributed by atoms with van der Waals surface area (Å²) in [5.74, 6) is -1.87. The van der Waals surface area contributed by atoms with E-state index in [4.69, 9.17) is 10.5 Å². The molecule has 1 heterocycles. The number of halogens is 1. The van der Waals surface area contributed by atoms with Gasteiger partial charge in [0.25, 0.3) is 0 Å². The molecule has 0 saturated heterocycles. The monoisotopic (exact) mass is 477 g/mol. The number of carboxylic acids is 1. The van der Waals surface area contributed by atoms with E-state index in [0.29, 0.717) is 22.5 Å². The van der Waals surface area contributed by atoms with Crippen LogP contribution in [0.3, 0.4) is 0 Å². The summed E-state index contributed by atoms with van der Waals surface area (Å²) in [6.07, 6.45) is 1.63. The summed E-state index contributed by atoms with van der Waals surface area (Å²) in [6.45, 7) is 5.54. The third-order valence-electron chi connectivity index (χ3n) is 4.24. The number of nitrogens with zero attached hydrogens (tertiary/aromatic N) is 2. The number of aryl methyl sites for hydroxylation is 1. The van der Waals surface area contributed by atoms with E-state index in [2.05, 4.69) is 20.9 Å². The lowest BCUT2D eigenvalue weighted by molar-refractivity contribution is -0.151. The van der Waals surface area contributed by atoms with Crippen LogP contribution in [0.4, 0.5) is 0 Å². The minimum absolute atomic E-state index is 0.181. The molecule has 0 radical (unpaired) electrons. The maximum Gasteiger partial charge on any atom is 0.326 e. The number of nitrogens with two attached hydrogens (primary N) is 1. The van der Waals surface area contributed by atoms with Crippen LogP contribution < -0.4 is 5.73 Å². The number of carbonyl (C=O) groups excluding carboxylic acids is 2. The van der Waals surface area contributed by atoms with Crippen LogP contribution in [-0.2, 0) is 32.0 Å². The molecule has 1 amide bonds. The lowest BCUT2D eigenvalue weighted by atomic mass is 10.0. The fraction of sp³-hybridized carbons (Fsp3) is 0.667. The van der Waals surface area contributed by atoms with Crippen molar-refractivity contribution in [1.29, 1.82) is 0 Å². The van der Waals surface area contributed by atoms with E-state index in [9.17, 15) is 19.5 Å². The van der Waals surface area contributed by atoms with Gasteiger partial charge in [-0.2, -0.15) is 0 Å². The van der Waals surface area contributed by atoms with E-state index in [0.717, 1.165) is 4.88 Å². The van der Waals surface area contributed by atoms with Crippen molar-refractivity contribution in [3.8, 4) is 0 Å². The van der Waals surface area contributed by atoms with Crippen LogP contribution in [0.25, 0.3) is 0 Å². The fourth-order valence-corrected chi connectivity index (χ4v) is 4.53. The van der Waals surface area contributed by atoms with Gasteiger partial charge in [-0.05, 0) is 41.6 Å². The molecule has 0 saturated carbocycles. The highest BCUT2D eigenvalue weighted by Gasteiger charge is 2.29. The number of ether oxygens (including phenoxy) is 1. The Bertz CT molecular complexity index is 695. The second kappa shape index (κ2) is 11.5. The highest BCUT2D eigenvalue weighted by Crippen LogP contribution is 2.26. The van der Waals surface area contributed by atoms with Crippen LogP contribution in [0.1, 0.15) is 44.2 Å². The molecule has 0 fully saturated rings. The van der Waals surface area contributed by atoms with Crippen LogP contribution >= 0.6 is 27.3 Å². The van der Waals surface area contributed by atoms with Crippen LogP contribution in [0.15, 0.2) is 3.92 Å². The summed E-state index contributed by atoms with van der Waals surface area (Å²) in [5, 5.41) is 9.32. The molecular weight excluding hydrogens is 450 g/mol. The number of carbonyl (C=O) groups is 3. The molecule has 10 heteroatoms. The Labute approximate surface area is 177 Å². The molecule has 0 aliphatic rings. The number of likely N-dealkylation sites (N-methyl/N-ethyl adjacent to an activating group) is 1. The Kier molecular flexibility index (Phi) is 10.0. The fourth-order valence-electron chi connectivity index (χ4n) is 2.88. The van der Waals surface area contributed by atoms with Gasteiger partial charge in [-0.3, -0.25) is 9.59 Å². The normalized spacial score (nSPS) is 13.2. The quantitative estimate of drug-likeness (QED) is 0.468. The van der Waals surface area contributed by atoms with Crippen LogP contribution in [-0.4, -0.2) is 58.6 Å². The highest BCUT2D eigenvalue weighted by atomic mass is 79.9. The molecule has 8 nitrogen and oxygen atoms in total. The van der Waals surface area contributed by atoms with Crippen molar-refractivity contribution in [2.75, 3.05) is 13.7 Å². The van der Waals surface area contributed by atoms with Crippen molar-refractivity contribution in [3.05, 3.63) is 14.5 Å². The summed E-state index contributed by atoms with van der Waals surface area (Å²) in [7, 11) is 1.52. The number of carboxylic acid groups (broad SMARTS) is 1. The number of aromatic nitrogens is 1. The van der Waals surface area contributed by atoms with Gasteiger partial charge in [-0.1, -0.05) is 13.8 Å². The average Bonchev–Trinajstić information content (AvgIpc) is 2.93. The first-order valence-electron chi connectivity index (χ1n) is 9.13. The van der Waals surface area contributed by atoms with Crippen molar-refractivity contribution < 1.29 is 24.2 Å². The largest absolute Gasteiger partial charge is 0.480 e. The van der Waals surface area contributed by atoms with Crippen molar-refractivity contribution in [2.45, 2.75) is 58.5 Å². The third kappa shape index (κ3) is 7.14. The summed E-state index contributed by atoms with van der Waals surface area (Å²) in [5.41, 5.74) is 6.59. The van der Waals surface area contributed by atoms with Crippen LogP contribution in [0, 0.1) is 5.92 Å². The molecule has 0 bridgehead atoms. The zero-order valence-corrected chi connectivity index (χ0v) is 19.0. The van der Waals surface area contributed by atoms with Crippen LogP contribution in [0.2, 0.25) is 0 Å². The molecular formula is C18H28BrN3O5S. The van der Waals surface area contributed by atoms with Gasteiger partial charge in [0.15, 0.2) is 3.92 Å². The smallest absolute Gasteiger partial charge is 0.326 e. The minimum atomic E-state index is -1.01. The lowest BCUT2D eigenvalue weighted by Gasteiger charge is -2.27. The van der Waals surface area contributed by atoms with Gasteiger partial charge < -0.3 is 20.5 Å². The summed E-state index contributed by atoms with van der Waals surface area (Å²) >= 11 is 4.78. The van der Waals surface area contributed by atoms with E-state index in [1.165, 1.54) is 23.3 Å². The molecule has 0 unspecified atom stereocenters. The molecule has 158 valence electrons. The van der Waals surface area contributed by atoms with E-state index in [-0.39, 0.29) is 31.3 Å². The van der Waals surface area contributed by atoms with E-state index in [1.807, 2.05) is 0 Å². The Morgan fingerprint density at radius 3 is 2.54 bits per heavy atom. The maximum atomic E-state index is 12.4. The number of rotatable bonds is 11. The topological polar surface area (TPSA) is 123 Å². The average molecular weight is 478 g/mol. The van der Waals surface area contributed by atoms with Gasteiger partial charge in [-0.15, -0.1) is 11.3 Å². The first-order chi connectivity index (χ1) is 13.1. The predicted octanol–water partition coefficient (Wildman–Crippen LogP) is 2.23. The zero-order valence-electron chi connectivity index (χ0n) is 16.6. The second-order valence-corrected chi connectivity index (χ2v) is 9.14. The zero-order chi connectivity index (χ0) is 21.4. The van der Waals surface area contributed by atoms with Gasteiger partial charge in [0.2, 0.25) is 5.91 Å². The van der Waals surface area contributed by atoms with E-state index >= 15 is 0 Å². The van der Waals surface area contributed by atoms with Gasteiger partial charge in [0.05, 0.1) is 12.3 Å². The summed E-state index contributed by atoms with van der Waals surface area (Å²) in [4.78, 5) is 42.1. The SMILES string of the molecule is CCOC(=O)[C@@H](N)Cc1nc(Br)sc1CCCC(=O)N(C)[C@H](C(=O)O)C(C)C. The van der Waals surface area contributed by atoms with Gasteiger partial charge in [0.1, 0.15) is 12.1 Å². The maximum absolute atomic E-state index is 12.4. The lowest BCUT2D eigenvalue weighted by Crippen LogP contribution is -2.45. The molecule has 0 spiro atoms. The molecule has 0 aliphatic heterocycles. The molecule has 28 heavy (non-hydrogen) atoms. The molecule has 1 rings (SSSR count). The predicted molar refractivity (Wildman–Crippen MR) is 110 cm³/mol. The number of aliphatic carboxylic acids is 1. The van der Waals surface area contributed by atoms with Gasteiger partial charge in [0, 0.05) is 24.8 Å². The number of hydrogen-bond donors (Lipinski definition) is 2. The molecule has 3 N–H and O–H groups in total. The molecule has 1 aromatic heterocycles. The van der Waals surface area contributed by atoms with Crippen molar-refractivity contribution in [2.24, 2.45) is 11.7 Å². The van der Waals surface area contributed by atoms with Gasteiger partial charge in [-0.25, -0.2) is 9.78 Å². The third-order valence-corrected chi connectivity index (χ3v) is 5.85. The molecule has 0 aliphatic carbocycles. The van der Waals surface area contributed by atoms with Crippen molar-refractivity contribution >= 4 is 45.1 Å². The molecule has 2 atom stereocenters. The van der Waals surface area contributed by atoms with E-state index in [1.54, 1.807) is 20.8 Å². The molecule has 1 aromatic rings. The number of esters is 1. The highest BCUT2D eigenvalue weighted by molar-refractivity contribution is 9.11.